The first-order chi connectivity index (χ1) is 12.5. The van der Waals surface area contributed by atoms with Gasteiger partial charge >= 0.3 is 17.1 Å². The van der Waals surface area contributed by atoms with Crippen molar-refractivity contribution in [3.8, 4) is 0 Å². The fourth-order valence-electron chi connectivity index (χ4n) is 2.64. The highest BCUT2D eigenvalue weighted by Crippen LogP contribution is 2.21. The van der Waals surface area contributed by atoms with Gasteiger partial charge in [-0.2, -0.15) is 0 Å². The van der Waals surface area contributed by atoms with E-state index in [1.54, 1.807) is 0 Å². The van der Waals surface area contributed by atoms with Gasteiger partial charge in [0.1, 0.15) is 5.41 Å². The monoisotopic (exact) mass is 387 g/mol. The Balaban J connectivity index is 2.98. The number of H-pyrrole nitrogens is 2. The fraction of sp³-hybridized carbons (Fsp3) is 0.824. The summed E-state index contributed by atoms with van der Waals surface area (Å²) in [6.45, 7) is 7.71. The van der Waals surface area contributed by atoms with E-state index in [1.807, 2.05) is 0 Å². The number of unbranched alkanes of at least 4 members (excludes halogenated alkanes) is 2. The highest BCUT2D eigenvalue weighted by atomic mass is 28.2. The van der Waals surface area contributed by atoms with Crippen LogP contribution in [-0.4, -0.2) is 42.7 Å². The van der Waals surface area contributed by atoms with Gasteiger partial charge in [-0.05, 0) is 12.8 Å². The lowest BCUT2D eigenvalue weighted by Crippen LogP contribution is -2.48. The molecule has 0 atom stereocenters. The van der Waals surface area contributed by atoms with Crippen LogP contribution in [-0.2, 0) is 16.0 Å². The van der Waals surface area contributed by atoms with Crippen molar-refractivity contribution in [3.05, 3.63) is 31.5 Å². The molecule has 9 heteroatoms. The number of hydrogen-bond donors (Lipinski definition) is 2. The van der Waals surface area contributed by atoms with Crippen LogP contribution in [0.25, 0.3) is 0 Å². The topological polar surface area (TPSA) is 106 Å². The Bertz CT molecular complexity index is 638. The summed E-state index contributed by atoms with van der Waals surface area (Å²) in [7, 11) is -0.730. The molecule has 0 bridgehead atoms. The second-order valence-corrected chi connectivity index (χ2v) is 8.79. The molecule has 0 aliphatic rings. The van der Waals surface area contributed by atoms with Crippen LogP contribution >= 0.6 is 0 Å². The predicted molar refractivity (Wildman–Crippen MR) is 105 cm³/mol. The zero-order chi connectivity index (χ0) is 19.4. The largest absolute Gasteiger partial charge is 0.354 e. The maximum atomic E-state index is 11.9. The van der Waals surface area contributed by atoms with Crippen molar-refractivity contribution in [2.45, 2.75) is 77.3 Å². The van der Waals surface area contributed by atoms with E-state index in [0.717, 1.165) is 42.7 Å². The van der Waals surface area contributed by atoms with E-state index in [0.29, 0.717) is 19.6 Å². The summed E-state index contributed by atoms with van der Waals surface area (Å²) in [6, 6.07) is 1.06. The summed E-state index contributed by atoms with van der Waals surface area (Å²) in [5.41, 5.74) is -2.87. The lowest BCUT2D eigenvalue weighted by atomic mass is 10.3. The van der Waals surface area contributed by atoms with Crippen LogP contribution in [0.4, 0.5) is 0 Å². The molecule has 150 valence electrons. The molecule has 0 amide bonds. The molecule has 0 fully saturated rings. The first kappa shape index (κ1) is 22.6. The van der Waals surface area contributed by atoms with Gasteiger partial charge in [-0.25, -0.2) is 19.0 Å². The first-order valence-corrected chi connectivity index (χ1v) is 11.4. The van der Waals surface area contributed by atoms with Gasteiger partial charge in [0, 0.05) is 26.2 Å². The molecule has 1 aromatic rings. The standard InChI is InChI=1S/C17H33N3O5Si/c1-4-7-11-24-17(26-13-6-3,25-12-8-5-2)9-10-20-15(22)18-14(21)19-16(20)23/h4-13,26H2,1-3H3,(H2,18,19,21,22,23). The molecule has 0 unspecified atom stereocenters. The van der Waals surface area contributed by atoms with E-state index in [2.05, 4.69) is 30.7 Å². The van der Waals surface area contributed by atoms with E-state index in [-0.39, 0.29) is 6.54 Å². The van der Waals surface area contributed by atoms with Crippen LogP contribution in [0.1, 0.15) is 59.3 Å². The second kappa shape index (κ2) is 12.0. The SMILES string of the molecule is CCCCOC(CCn1c(=O)[nH]c(=O)[nH]c1=O)(OCCCC)[SiH2]CCC. The van der Waals surface area contributed by atoms with E-state index < -0.39 is 32.0 Å². The molecule has 1 rings (SSSR count). The highest BCUT2D eigenvalue weighted by Gasteiger charge is 2.31. The molecule has 0 saturated heterocycles. The lowest BCUT2D eigenvalue weighted by molar-refractivity contribution is -0.187. The predicted octanol–water partition coefficient (Wildman–Crippen LogP) is 0.899. The van der Waals surface area contributed by atoms with Crippen LogP contribution in [0.2, 0.25) is 6.04 Å². The van der Waals surface area contributed by atoms with Crippen LogP contribution in [0, 0.1) is 0 Å². The molecule has 26 heavy (non-hydrogen) atoms. The minimum absolute atomic E-state index is 0.153. The van der Waals surface area contributed by atoms with Crippen LogP contribution in [0.3, 0.4) is 0 Å². The zero-order valence-corrected chi connectivity index (χ0v) is 17.7. The summed E-state index contributed by atoms with van der Waals surface area (Å²) < 4.78 is 13.4. The number of aromatic amines is 2. The van der Waals surface area contributed by atoms with Gasteiger partial charge < -0.3 is 9.47 Å². The molecule has 8 nitrogen and oxygen atoms in total. The summed E-state index contributed by atoms with van der Waals surface area (Å²) >= 11 is 0. The Morgan fingerprint density at radius 1 is 0.923 bits per heavy atom. The van der Waals surface area contributed by atoms with E-state index in [1.165, 1.54) is 0 Å². The van der Waals surface area contributed by atoms with Crippen molar-refractivity contribution in [1.29, 1.82) is 0 Å². The number of nitrogens with one attached hydrogen (secondary N) is 2. The number of ether oxygens (including phenoxy) is 2. The number of hydrogen-bond acceptors (Lipinski definition) is 5. The molecular weight excluding hydrogens is 354 g/mol. The van der Waals surface area contributed by atoms with Crippen molar-refractivity contribution in [2.24, 2.45) is 0 Å². The first-order valence-electron chi connectivity index (χ1n) is 9.69. The summed E-state index contributed by atoms with van der Waals surface area (Å²) in [6.07, 6.45) is 5.43. The molecule has 0 saturated carbocycles. The summed E-state index contributed by atoms with van der Waals surface area (Å²) in [5, 5.41) is 0. The third kappa shape index (κ3) is 7.43. The van der Waals surface area contributed by atoms with Gasteiger partial charge in [-0.15, -0.1) is 0 Å². The van der Waals surface area contributed by atoms with Gasteiger partial charge in [-0.1, -0.05) is 46.1 Å². The minimum Gasteiger partial charge on any atom is -0.354 e. The number of nitrogens with zero attached hydrogens (tertiary/aromatic N) is 1. The quantitative estimate of drug-likeness (QED) is 0.280. The van der Waals surface area contributed by atoms with Crippen molar-refractivity contribution in [3.63, 3.8) is 0 Å². The van der Waals surface area contributed by atoms with Crippen LogP contribution in [0.5, 0.6) is 0 Å². The minimum atomic E-state index is -0.790. The normalized spacial score (nSPS) is 12.3. The summed E-state index contributed by atoms with van der Waals surface area (Å²) in [5.74, 6) is 0. The Morgan fingerprint density at radius 3 is 1.92 bits per heavy atom. The van der Waals surface area contributed by atoms with Gasteiger partial charge in [0.25, 0.3) is 0 Å². The zero-order valence-electron chi connectivity index (χ0n) is 16.3. The Labute approximate surface area is 156 Å². The second-order valence-electron chi connectivity index (χ2n) is 6.51. The van der Waals surface area contributed by atoms with Gasteiger partial charge in [0.05, 0.1) is 9.52 Å². The van der Waals surface area contributed by atoms with Crippen LogP contribution < -0.4 is 17.1 Å². The highest BCUT2D eigenvalue weighted by molar-refractivity contribution is 6.38. The average molecular weight is 388 g/mol. The fourth-order valence-corrected chi connectivity index (χ4v) is 4.52. The smallest absolute Gasteiger partial charge is 0.333 e. The molecule has 1 heterocycles. The molecular formula is C17H33N3O5Si. The lowest BCUT2D eigenvalue weighted by Gasteiger charge is -2.34. The molecule has 2 N–H and O–H groups in total. The average Bonchev–Trinajstić information content (AvgIpc) is 2.59. The Hall–Kier alpha value is -1.45. The number of rotatable bonds is 14. The maximum absolute atomic E-state index is 11.9. The van der Waals surface area contributed by atoms with E-state index in [9.17, 15) is 14.4 Å². The van der Waals surface area contributed by atoms with Crippen molar-refractivity contribution in [1.82, 2.24) is 14.5 Å². The van der Waals surface area contributed by atoms with Crippen molar-refractivity contribution < 1.29 is 9.47 Å². The van der Waals surface area contributed by atoms with Gasteiger partial charge in [0.15, 0.2) is 0 Å². The molecule has 0 aromatic carbocycles. The molecule has 0 aliphatic carbocycles. The van der Waals surface area contributed by atoms with Gasteiger partial charge in [0.2, 0.25) is 0 Å². The van der Waals surface area contributed by atoms with Crippen molar-refractivity contribution >= 4 is 9.52 Å². The van der Waals surface area contributed by atoms with Gasteiger partial charge in [-0.3, -0.25) is 9.97 Å². The third-order valence-electron chi connectivity index (χ3n) is 4.28. The molecule has 1 aromatic heterocycles. The molecule has 0 spiro atoms. The third-order valence-corrected chi connectivity index (χ3v) is 6.87. The van der Waals surface area contributed by atoms with Crippen molar-refractivity contribution in [2.75, 3.05) is 13.2 Å². The number of aromatic nitrogens is 3. The Morgan fingerprint density at radius 2 is 1.46 bits per heavy atom. The van der Waals surface area contributed by atoms with E-state index >= 15 is 0 Å². The maximum Gasteiger partial charge on any atom is 0.333 e. The molecule has 0 aliphatic heterocycles. The summed E-state index contributed by atoms with van der Waals surface area (Å²) in [4.78, 5) is 39.2. The van der Waals surface area contributed by atoms with Crippen LogP contribution in [0.15, 0.2) is 14.4 Å². The van der Waals surface area contributed by atoms with E-state index in [4.69, 9.17) is 9.47 Å². The molecule has 0 radical (unpaired) electrons. The Kier molecular flexibility index (Phi) is 10.4.